The molecular weight excluding hydrogens is 320 g/mol. The molecule has 23 heavy (non-hydrogen) atoms. The summed E-state index contributed by atoms with van der Waals surface area (Å²) in [5.74, 6) is 1.42. The molecule has 1 saturated heterocycles. The van der Waals surface area contributed by atoms with Crippen molar-refractivity contribution in [3.8, 4) is 0 Å². The van der Waals surface area contributed by atoms with E-state index in [0.29, 0.717) is 38.2 Å². The Morgan fingerprint density at radius 2 is 2.04 bits per heavy atom. The molecule has 0 atom stereocenters. The summed E-state index contributed by atoms with van der Waals surface area (Å²) >= 11 is 6.01. The summed E-state index contributed by atoms with van der Waals surface area (Å²) in [4.78, 5) is 8.42. The quantitative estimate of drug-likeness (QED) is 0.619. The van der Waals surface area contributed by atoms with Crippen molar-refractivity contribution < 1.29 is 14.6 Å². The lowest BCUT2D eigenvalue weighted by Gasteiger charge is -2.37. The molecule has 0 unspecified atom stereocenters. The van der Waals surface area contributed by atoms with Gasteiger partial charge in [-0.2, -0.15) is 0 Å². The largest absolute Gasteiger partial charge is 0.394 e. The van der Waals surface area contributed by atoms with Crippen LogP contribution in [0.2, 0.25) is 5.28 Å². The zero-order valence-electron chi connectivity index (χ0n) is 13.1. The summed E-state index contributed by atoms with van der Waals surface area (Å²) in [6.45, 7) is 2.24. The first-order valence-corrected chi connectivity index (χ1v) is 8.44. The standard InChI is InChI=1S/C15H23ClN4O3/c16-14-19-12(9-13(20-14)18-11-1-2-11)17-10-15(23-8-5-21)3-6-22-7-4-15/h9,11,21H,1-8,10H2,(H2,17,18,19,20). The topological polar surface area (TPSA) is 88.5 Å². The number of hydrogen-bond acceptors (Lipinski definition) is 7. The minimum Gasteiger partial charge on any atom is -0.394 e. The van der Waals surface area contributed by atoms with Crippen LogP contribution in [0.25, 0.3) is 0 Å². The van der Waals surface area contributed by atoms with Crippen molar-refractivity contribution in [2.24, 2.45) is 0 Å². The van der Waals surface area contributed by atoms with E-state index in [1.54, 1.807) is 0 Å². The highest BCUT2D eigenvalue weighted by molar-refractivity contribution is 6.28. The van der Waals surface area contributed by atoms with E-state index >= 15 is 0 Å². The fourth-order valence-corrected chi connectivity index (χ4v) is 2.83. The molecule has 0 aromatic carbocycles. The SMILES string of the molecule is OCCOC1(CNc2cc(NC3CC3)nc(Cl)n2)CCOCC1. The second-order valence-corrected chi connectivity index (χ2v) is 6.39. The highest BCUT2D eigenvalue weighted by Crippen LogP contribution is 2.28. The molecule has 2 fully saturated rings. The number of aliphatic hydroxyl groups excluding tert-OH is 1. The molecule has 0 spiro atoms. The van der Waals surface area contributed by atoms with Gasteiger partial charge in [-0.3, -0.25) is 0 Å². The zero-order valence-corrected chi connectivity index (χ0v) is 13.8. The summed E-state index contributed by atoms with van der Waals surface area (Å²) in [6, 6.07) is 2.37. The molecule has 0 amide bonds. The Hall–Kier alpha value is -1.15. The lowest BCUT2D eigenvalue weighted by Crippen LogP contribution is -2.45. The first kappa shape index (κ1) is 16.7. The van der Waals surface area contributed by atoms with Gasteiger partial charge in [0.15, 0.2) is 0 Å². The van der Waals surface area contributed by atoms with E-state index in [1.807, 2.05) is 6.07 Å². The second kappa shape index (κ2) is 7.61. The smallest absolute Gasteiger partial charge is 0.226 e. The number of nitrogens with zero attached hydrogens (tertiary/aromatic N) is 2. The Morgan fingerprint density at radius 3 is 2.74 bits per heavy atom. The van der Waals surface area contributed by atoms with Crippen LogP contribution in [-0.4, -0.2) is 59.7 Å². The summed E-state index contributed by atoms with van der Waals surface area (Å²) < 4.78 is 11.3. The van der Waals surface area contributed by atoms with Gasteiger partial charge in [-0.25, -0.2) is 9.97 Å². The van der Waals surface area contributed by atoms with E-state index in [0.717, 1.165) is 18.7 Å². The Kier molecular flexibility index (Phi) is 5.53. The molecule has 3 N–H and O–H groups in total. The van der Waals surface area contributed by atoms with E-state index in [4.69, 9.17) is 26.2 Å². The van der Waals surface area contributed by atoms with Gasteiger partial charge in [0.05, 0.1) is 18.8 Å². The van der Waals surface area contributed by atoms with Crippen LogP contribution in [0, 0.1) is 0 Å². The number of ether oxygens (including phenoxy) is 2. The van der Waals surface area contributed by atoms with Gasteiger partial charge in [0.2, 0.25) is 5.28 Å². The molecular formula is C15H23ClN4O3. The summed E-state index contributed by atoms with van der Waals surface area (Å²) in [5.41, 5.74) is -0.345. The monoisotopic (exact) mass is 342 g/mol. The number of anilines is 2. The first-order valence-electron chi connectivity index (χ1n) is 8.07. The van der Waals surface area contributed by atoms with Crippen molar-refractivity contribution in [1.29, 1.82) is 0 Å². The van der Waals surface area contributed by atoms with Crippen LogP contribution in [0.5, 0.6) is 0 Å². The van der Waals surface area contributed by atoms with Crippen molar-refractivity contribution in [3.05, 3.63) is 11.3 Å². The highest BCUT2D eigenvalue weighted by atomic mass is 35.5. The molecule has 0 radical (unpaired) electrons. The number of nitrogens with one attached hydrogen (secondary N) is 2. The van der Waals surface area contributed by atoms with Crippen LogP contribution >= 0.6 is 11.6 Å². The van der Waals surface area contributed by atoms with Gasteiger partial charge >= 0.3 is 0 Å². The van der Waals surface area contributed by atoms with Crippen molar-refractivity contribution >= 4 is 23.2 Å². The lowest BCUT2D eigenvalue weighted by molar-refractivity contribution is -0.109. The lowest BCUT2D eigenvalue weighted by atomic mass is 9.94. The predicted molar refractivity (Wildman–Crippen MR) is 88.0 cm³/mol. The molecule has 1 aromatic rings. The number of hydrogen-bond donors (Lipinski definition) is 3. The Bertz CT molecular complexity index is 521. The third-order valence-corrected chi connectivity index (χ3v) is 4.29. The van der Waals surface area contributed by atoms with E-state index in [2.05, 4.69) is 20.6 Å². The van der Waals surface area contributed by atoms with Crippen LogP contribution in [0.3, 0.4) is 0 Å². The number of halogens is 1. The Morgan fingerprint density at radius 1 is 1.30 bits per heavy atom. The average Bonchev–Trinajstić information content (AvgIpc) is 3.36. The molecule has 3 rings (SSSR count). The minimum absolute atomic E-state index is 0.0113. The Labute approximate surface area is 140 Å². The first-order chi connectivity index (χ1) is 11.2. The highest BCUT2D eigenvalue weighted by Gasteiger charge is 2.33. The van der Waals surface area contributed by atoms with E-state index in [9.17, 15) is 0 Å². The van der Waals surface area contributed by atoms with Gasteiger partial charge in [-0.05, 0) is 24.4 Å². The molecule has 1 aromatic heterocycles. The molecule has 7 nitrogen and oxygen atoms in total. The zero-order chi connectivity index (χ0) is 16.1. The third-order valence-electron chi connectivity index (χ3n) is 4.12. The van der Waals surface area contributed by atoms with E-state index in [1.165, 1.54) is 12.8 Å². The maximum atomic E-state index is 9.04. The van der Waals surface area contributed by atoms with Crippen molar-refractivity contribution in [2.45, 2.75) is 37.3 Å². The number of rotatable bonds is 8. The molecule has 0 bridgehead atoms. The van der Waals surface area contributed by atoms with Crippen LogP contribution < -0.4 is 10.6 Å². The minimum atomic E-state index is -0.345. The Balaban J connectivity index is 1.63. The molecule has 2 aliphatic rings. The van der Waals surface area contributed by atoms with Gasteiger partial charge in [0, 0.05) is 44.7 Å². The summed E-state index contributed by atoms with van der Waals surface area (Å²) in [6.07, 6.45) is 3.91. The van der Waals surface area contributed by atoms with Gasteiger partial charge in [-0.15, -0.1) is 0 Å². The normalized spacial score (nSPS) is 20.3. The maximum Gasteiger partial charge on any atom is 0.226 e. The molecule has 8 heteroatoms. The van der Waals surface area contributed by atoms with E-state index in [-0.39, 0.29) is 17.5 Å². The van der Waals surface area contributed by atoms with Crippen LogP contribution in [0.4, 0.5) is 11.6 Å². The third kappa shape index (κ3) is 4.91. The molecule has 1 saturated carbocycles. The summed E-state index contributed by atoms with van der Waals surface area (Å²) in [5, 5.41) is 15.9. The number of aromatic nitrogens is 2. The molecule has 1 aliphatic heterocycles. The number of aliphatic hydroxyl groups is 1. The molecule has 1 aliphatic carbocycles. The fraction of sp³-hybridized carbons (Fsp3) is 0.733. The molecule has 2 heterocycles. The van der Waals surface area contributed by atoms with Gasteiger partial charge in [0.1, 0.15) is 11.6 Å². The van der Waals surface area contributed by atoms with Gasteiger partial charge in [0.25, 0.3) is 0 Å². The van der Waals surface area contributed by atoms with Crippen molar-refractivity contribution in [1.82, 2.24) is 9.97 Å². The van der Waals surface area contributed by atoms with Crippen molar-refractivity contribution in [3.63, 3.8) is 0 Å². The van der Waals surface area contributed by atoms with Crippen LogP contribution in [-0.2, 0) is 9.47 Å². The second-order valence-electron chi connectivity index (χ2n) is 6.05. The average molecular weight is 343 g/mol. The fourth-order valence-electron chi connectivity index (χ4n) is 2.65. The maximum absolute atomic E-state index is 9.04. The van der Waals surface area contributed by atoms with Gasteiger partial charge in [-0.1, -0.05) is 0 Å². The van der Waals surface area contributed by atoms with Crippen molar-refractivity contribution in [2.75, 3.05) is 43.6 Å². The van der Waals surface area contributed by atoms with E-state index < -0.39 is 0 Å². The predicted octanol–water partition coefficient (Wildman–Crippen LogP) is 1.67. The van der Waals surface area contributed by atoms with Gasteiger partial charge < -0.3 is 25.2 Å². The van der Waals surface area contributed by atoms with Crippen LogP contribution in [0.15, 0.2) is 6.07 Å². The van der Waals surface area contributed by atoms with Crippen LogP contribution in [0.1, 0.15) is 25.7 Å². The molecule has 128 valence electrons. The summed E-state index contributed by atoms with van der Waals surface area (Å²) in [7, 11) is 0.